The number of hydrogen-bond acceptors (Lipinski definition) is 7. The van der Waals surface area contributed by atoms with Crippen LogP contribution in [-0.4, -0.2) is 33.8 Å². The van der Waals surface area contributed by atoms with E-state index in [0.29, 0.717) is 11.3 Å². The van der Waals surface area contributed by atoms with Crippen LogP contribution in [-0.2, 0) is 6.54 Å². The topological polar surface area (TPSA) is 114 Å². The molecule has 1 aromatic heterocycles. The largest absolute Gasteiger partial charge is 0.507 e. The number of carbonyl (C=O) groups is 1. The number of hydrogen-bond donors (Lipinski definition) is 3. The Morgan fingerprint density at radius 1 is 1.13 bits per heavy atom. The first kappa shape index (κ1) is 21.9. The van der Waals surface area contributed by atoms with Gasteiger partial charge in [-0.3, -0.25) is 4.79 Å². The van der Waals surface area contributed by atoms with Gasteiger partial charge in [-0.2, -0.15) is 8.78 Å². The van der Waals surface area contributed by atoms with E-state index < -0.39 is 12.5 Å². The van der Waals surface area contributed by atoms with Crippen LogP contribution in [0.5, 0.6) is 23.0 Å². The van der Waals surface area contributed by atoms with Crippen LogP contribution in [0, 0.1) is 0 Å². The Labute approximate surface area is 176 Å². The van der Waals surface area contributed by atoms with Gasteiger partial charge in [0.05, 0.1) is 18.3 Å². The molecule has 31 heavy (non-hydrogen) atoms. The number of ether oxygens (including phenoxy) is 2. The van der Waals surface area contributed by atoms with Crippen LogP contribution in [0.25, 0.3) is 11.5 Å². The van der Waals surface area contributed by atoms with Gasteiger partial charge < -0.3 is 29.4 Å². The lowest BCUT2D eigenvalue weighted by molar-refractivity contribution is -0.0518. The first-order chi connectivity index (χ1) is 14.7. The first-order valence-corrected chi connectivity index (χ1v) is 9.24. The van der Waals surface area contributed by atoms with Gasteiger partial charge in [0.1, 0.15) is 23.3 Å². The zero-order chi connectivity index (χ0) is 22.5. The van der Waals surface area contributed by atoms with Crippen molar-refractivity contribution < 1.29 is 37.7 Å². The summed E-state index contributed by atoms with van der Waals surface area (Å²) in [7, 11) is 0. The molecule has 2 aromatic carbocycles. The summed E-state index contributed by atoms with van der Waals surface area (Å²) >= 11 is 0. The molecule has 0 fully saturated rings. The average Bonchev–Trinajstić information content (AvgIpc) is 3.16. The molecule has 0 bridgehead atoms. The second kappa shape index (κ2) is 9.33. The predicted octanol–water partition coefficient (Wildman–Crippen LogP) is 4.07. The number of rotatable bonds is 8. The molecular weight excluding hydrogens is 414 g/mol. The second-order valence-corrected chi connectivity index (χ2v) is 6.70. The fraction of sp³-hybridized carbons (Fsp3) is 0.238. The van der Waals surface area contributed by atoms with Crippen molar-refractivity contribution in [3.8, 4) is 34.5 Å². The van der Waals surface area contributed by atoms with Gasteiger partial charge in [-0.15, -0.1) is 0 Å². The molecule has 0 aliphatic rings. The van der Waals surface area contributed by atoms with Crippen molar-refractivity contribution in [2.75, 3.05) is 0 Å². The summed E-state index contributed by atoms with van der Waals surface area (Å²) < 4.78 is 40.6. The van der Waals surface area contributed by atoms with E-state index in [0.717, 1.165) is 0 Å². The molecular formula is C21H20F2N2O6. The highest BCUT2D eigenvalue weighted by Crippen LogP contribution is 2.34. The standard InChI is InChI=1S/C21H20F2N2O6/c1-11(2)30-17-8-12(6-7-16(17)31-21(22)23)20-25-13(10-29-20)9-24-19(28)18-14(26)4-3-5-15(18)27/h3-8,10-11,21,26-27H,9H2,1-2H3,(H,24,28). The maximum Gasteiger partial charge on any atom is 0.387 e. The van der Waals surface area contributed by atoms with Crippen molar-refractivity contribution in [3.63, 3.8) is 0 Å². The molecule has 0 saturated heterocycles. The van der Waals surface area contributed by atoms with E-state index in [1.807, 2.05) is 0 Å². The number of amides is 1. The van der Waals surface area contributed by atoms with Gasteiger partial charge in [-0.25, -0.2) is 4.98 Å². The summed E-state index contributed by atoms with van der Waals surface area (Å²) in [6.07, 6.45) is 1.03. The fourth-order valence-electron chi connectivity index (χ4n) is 2.72. The van der Waals surface area contributed by atoms with Gasteiger partial charge in [-0.1, -0.05) is 6.07 Å². The lowest BCUT2D eigenvalue weighted by Gasteiger charge is -2.15. The minimum absolute atomic E-state index is 0.0436. The number of oxazole rings is 1. The number of phenols is 2. The van der Waals surface area contributed by atoms with Gasteiger partial charge >= 0.3 is 6.61 Å². The highest BCUT2D eigenvalue weighted by molar-refractivity contribution is 5.99. The molecule has 0 radical (unpaired) electrons. The van der Waals surface area contributed by atoms with Crippen molar-refractivity contribution in [3.05, 3.63) is 53.9 Å². The van der Waals surface area contributed by atoms with Crippen LogP contribution in [0.15, 0.2) is 47.1 Å². The van der Waals surface area contributed by atoms with Gasteiger partial charge in [0.25, 0.3) is 5.91 Å². The molecule has 3 N–H and O–H groups in total. The highest BCUT2D eigenvalue weighted by Gasteiger charge is 2.18. The molecule has 1 heterocycles. The molecule has 0 unspecified atom stereocenters. The number of nitrogens with zero attached hydrogens (tertiary/aromatic N) is 1. The maximum atomic E-state index is 12.6. The summed E-state index contributed by atoms with van der Waals surface area (Å²) in [5.74, 6) is -1.25. The fourth-order valence-corrected chi connectivity index (χ4v) is 2.72. The summed E-state index contributed by atoms with van der Waals surface area (Å²) in [5.41, 5.74) is 0.557. The van der Waals surface area contributed by atoms with Gasteiger partial charge in [0, 0.05) is 5.56 Å². The first-order valence-electron chi connectivity index (χ1n) is 9.24. The smallest absolute Gasteiger partial charge is 0.387 e. The monoisotopic (exact) mass is 434 g/mol. The number of phenolic OH excluding ortho intramolecular Hbond substituents is 2. The molecule has 10 heteroatoms. The average molecular weight is 434 g/mol. The van der Waals surface area contributed by atoms with E-state index in [2.05, 4.69) is 15.0 Å². The molecule has 0 aliphatic heterocycles. The number of carbonyl (C=O) groups excluding carboxylic acids is 1. The van der Waals surface area contributed by atoms with Crippen LogP contribution in [0.2, 0.25) is 0 Å². The van der Waals surface area contributed by atoms with Crippen LogP contribution in [0.1, 0.15) is 29.9 Å². The zero-order valence-electron chi connectivity index (χ0n) is 16.6. The summed E-state index contributed by atoms with van der Waals surface area (Å²) in [4.78, 5) is 16.5. The number of benzene rings is 2. The zero-order valence-corrected chi connectivity index (χ0v) is 16.6. The molecule has 0 atom stereocenters. The second-order valence-electron chi connectivity index (χ2n) is 6.70. The number of aromatic nitrogens is 1. The van der Waals surface area contributed by atoms with Crippen LogP contribution >= 0.6 is 0 Å². The minimum Gasteiger partial charge on any atom is -0.507 e. The highest BCUT2D eigenvalue weighted by atomic mass is 19.3. The van der Waals surface area contributed by atoms with Crippen molar-refractivity contribution in [1.82, 2.24) is 10.3 Å². The molecule has 1 amide bonds. The van der Waals surface area contributed by atoms with Crippen molar-refractivity contribution >= 4 is 5.91 Å². The van der Waals surface area contributed by atoms with Gasteiger partial charge in [-0.05, 0) is 44.2 Å². The Morgan fingerprint density at radius 2 is 1.84 bits per heavy atom. The van der Waals surface area contributed by atoms with Crippen LogP contribution < -0.4 is 14.8 Å². The van der Waals surface area contributed by atoms with Crippen molar-refractivity contribution in [1.29, 1.82) is 0 Å². The van der Waals surface area contributed by atoms with E-state index >= 15 is 0 Å². The number of nitrogens with one attached hydrogen (secondary N) is 1. The molecule has 0 saturated carbocycles. The molecule has 0 aliphatic carbocycles. The maximum absolute atomic E-state index is 12.6. The van der Waals surface area contributed by atoms with Crippen molar-refractivity contribution in [2.45, 2.75) is 33.1 Å². The van der Waals surface area contributed by atoms with E-state index in [-0.39, 0.29) is 47.1 Å². The molecule has 3 rings (SSSR count). The number of halogens is 2. The number of alkyl halides is 2. The molecule has 164 valence electrons. The SMILES string of the molecule is CC(C)Oc1cc(-c2nc(CNC(=O)c3c(O)cccc3O)co2)ccc1OC(F)F. The van der Waals surface area contributed by atoms with Gasteiger partial charge in [0.15, 0.2) is 11.5 Å². The van der Waals surface area contributed by atoms with Crippen LogP contribution in [0.3, 0.4) is 0 Å². The Kier molecular flexibility index (Phi) is 6.58. The predicted molar refractivity (Wildman–Crippen MR) is 105 cm³/mol. The van der Waals surface area contributed by atoms with E-state index in [1.54, 1.807) is 13.8 Å². The third kappa shape index (κ3) is 5.41. The van der Waals surface area contributed by atoms with Crippen molar-refractivity contribution in [2.24, 2.45) is 0 Å². The minimum atomic E-state index is -3.00. The Morgan fingerprint density at radius 3 is 2.48 bits per heavy atom. The third-order valence-electron chi connectivity index (χ3n) is 4.00. The lowest BCUT2D eigenvalue weighted by Crippen LogP contribution is -2.23. The Hall–Kier alpha value is -3.82. The van der Waals surface area contributed by atoms with E-state index in [1.165, 1.54) is 42.7 Å². The third-order valence-corrected chi connectivity index (χ3v) is 4.00. The number of aromatic hydroxyl groups is 2. The molecule has 3 aromatic rings. The summed E-state index contributed by atoms with van der Waals surface area (Å²) in [5, 5.41) is 22.0. The van der Waals surface area contributed by atoms with E-state index in [9.17, 15) is 23.8 Å². The van der Waals surface area contributed by atoms with E-state index in [4.69, 9.17) is 9.15 Å². The quantitative estimate of drug-likeness (QED) is 0.490. The lowest BCUT2D eigenvalue weighted by atomic mass is 10.1. The molecule has 0 spiro atoms. The Balaban J connectivity index is 1.75. The summed E-state index contributed by atoms with van der Waals surface area (Å²) in [6, 6.07) is 8.24. The normalized spacial score (nSPS) is 11.0. The molecule has 8 nitrogen and oxygen atoms in total. The Bertz CT molecular complexity index is 1050. The van der Waals surface area contributed by atoms with Crippen LogP contribution in [0.4, 0.5) is 8.78 Å². The van der Waals surface area contributed by atoms with Gasteiger partial charge in [0.2, 0.25) is 5.89 Å². The summed E-state index contributed by atoms with van der Waals surface area (Å²) in [6.45, 7) is 0.443.